The maximum absolute atomic E-state index is 5.83. The molecule has 5 heteroatoms. The van der Waals surface area contributed by atoms with Gasteiger partial charge in [0.1, 0.15) is 12.4 Å². The zero-order chi connectivity index (χ0) is 16.2. The molecule has 1 aromatic carbocycles. The van der Waals surface area contributed by atoms with Crippen LogP contribution < -0.4 is 9.47 Å². The number of pyridine rings is 1. The van der Waals surface area contributed by atoms with Crippen LogP contribution in [0.3, 0.4) is 0 Å². The third-order valence-corrected chi connectivity index (χ3v) is 4.39. The molecule has 2 heterocycles. The molecule has 3 rings (SSSR count). The third-order valence-electron chi connectivity index (χ3n) is 3.44. The summed E-state index contributed by atoms with van der Waals surface area (Å²) in [6.45, 7) is 7.37. The second kappa shape index (κ2) is 6.96. The Labute approximate surface area is 140 Å². The van der Waals surface area contributed by atoms with Crippen LogP contribution in [0.5, 0.6) is 10.9 Å². The van der Waals surface area contributed by atoms with E-state index in [-0.39, 0.29) is 0 Å². The number of thiazole rings is 1. The number of nitrogens with zero attached hydrogens (tertiary/aromatic N) is 2. The molecule has 0 saturated carbocycles. The Kier molecular flexibility index (Phi) is 4.76. The SMILES string of the molecule is Cc1c(OCC(C)C)ccnc1COc1nc2ccccc2s1. The average Bonchev–Trinajstić information content (AvgIpc) is 2.95. The predicted octanol–water partition coefficient (Wildman–Crippen LogP) is 4.61. The first kappa shape index (κ1) is 15.7. The molecule has 0 bridgehead atoms. The van der Waals surface area contributed by atoms with Gasteiger partial charge in [-0.15, -0.1) is 0 Å². The molecule has 0 saturated heterocycles. The molecule has 23 heavy (non-hydrogen) atoms. The van der Waals surface area contributed by atoms with Gasteiger partial charge in [0.05, 0.1) is 22.5 Å². The number of ether oxygens (including phenoxy) is 2. The molecule has 3 aromatic rings. The number of para-hydroxylation sites is 1. The number of rotatable bonds is 6. The van der Waals surface area contributed by atoms with E-state index in [2.05, 4.69) is 23.8 Å². The van der Waals surface area contributed by atoms with Crippen molar-refractivity contribution in [1.82, 2.24) is 9.97 Å². The van der Waals surface area contributed by atoms with Gasteiger partial charge < -0.3 is 9.47 Å². The topological polar surface area (TPSA) is 44.2 Å². The van der Waals surface area contributed by atoms with Crippen molar-refractivity contribution in [2.75, 3.05) is 6.61 Å². The highest BCUT2D eigenvalue weighted by Crippen LogP contribution is 2.28. The summed E-state index contributed by atoms with van der Waals surface area (Å²) in [6.07, 6.45) is 1.76. The van der Waals surface area contributed by atoms with E-state index in [1.165, 1.54) is 0 Å². The molecule has 120 valence electrons. The Morgan fingerprint density at radius 3 is 2.74 bits per heavy atom. The van der Waals surface area contributed by atoms with Crippen LogP contribution in [0.4, 0.5) is 0 Å². The van der Waals surface area contributed by atoms with E-state index in [1.807, 2.05) is 37.3 Å². The van der Waals surface area contributed by atoms with Gasteiger partial charge in [0.25, 0.3) is 5.19 Å². The number of fused-ring (bicyclic) bond motifs is 1. The van der Waals surface area contributed by atoms with E-state index in [0.717, 1.165) is 27.2 Å². The van der Waals surface area contributed by atoms with Gasteiger partial charge >= 0.3 is 0 Å². The summed E-state index contributed by atoms with van der Waals surface area (Å²) < 4.78 is 12.8. The second-order valence-electron chi connectivity index (χ2n) is 5.82. The average molecular weight is 328 g/mol. The van der Waals surface area contributed by atoms with Gasteiger partial charge in [0.2, 0.25) is 0 Å². The molecule has 0 aliphatic carbocycles. The Morgan fingerprint density at radius 1 is 1.13 bits per heavy atom. The maximum atomic E-state index is 5.83. The largest absolute Gasteiger partial charge is 0.493 e. The lowest BCUT2D eigenvalue weighted by molar-refractivity contribution is 0.265. The molecule has 0 atom stereocenters. The fourth-order valence-corrected chi connectivity index (χ4v) is 2.98. The lowest BCUT2D eigenvalue weighted by Crippen LogP contribution is -2.08. The molecule has 0 N–H and O–H groups in total. The monoisotopic (exact) mass is 328 g/mol. The summed E-state index contributed by atoms with van der Waals surface area (Å²) in [4.78, 5) is 8.88. The molecule has 0 fully saturated rings. The molecule has 2 aromatic heterocycles. The van der Waals surface area contributed by atoms with Crippen molar-refractivity contribution in [1.29, 1.82) is 0 Å². The molecule has 0 unspecified atom stereocenters. The molecule has 0 amide bonds. The highest BCUT2D eigenvalue weighted by Gasteiger charge is 2.10. The molecule has 0 radical (unpaired) electrons. The standard InChI is InChI=1S/C18H20N2O2S/c1-12(2)10-21-16-8-9-19-15(13(16)3)11-22-18-20-14-6-4-5-7-17(14)23-18/h4-9,12H,10-11H2,1-3H3. The van der Waals surface area contributed by atoms with E-state index in [1.54, 1.807) is 17.5 Å². The number of benzene rings is 1. The molecular weight excluding hydrogens is 308 g/mol. The Balaban J connectivity index is 1.71. The van der Waals surface area contributed by atoms with Gasteiger partial charge in [0.15, 0.2) is 0 Å². The van der Waals surface area contributed by atoms with Crippen LogP contribution in [0.1, 0.15) is 25.1 Å². The first-order valence-electron chi connectivity index (χ1n) is 7.69. The fourth-order valence-electron chi connectivity index (χ4n) is 2.16. The lowest BCUT2D eigenvalue weighted by Gasteiger charge is -2.13. The van der Waals surface area contributed by atoms with E-state index in [4.69, 9.17) is 9.47 Å². The molecule has 4 nitrogen and oxygen atoms in total. The Morgan fingerprint density at radius 2 is 1.96 bits per heavy atom. The van der Waals surface area contributed by atoms with Crippen LogP contribution in [-0.4, -0.2) is 16.6 Å². The van der Waals surface area contributed by atoms with Crippen molar-refractivity contribution in [2.24, 2.45) is 5.92 Å². The first-order valence-corrected chi connectivity index (χ1v) is 8.51. The summed E-state index contributed by atoms with van der Waals surface area (Å²) in [5, 5.41) is 0.668. The zero-order valence-electron chi connectivity index (χ0n) is 13.6. The van der Waals surface area contributed by atoms with Crippen LogP contribution in [0.25, 0.3) is 10.2 Å². The van der Waals surface area contributed by atoms with Gasteiger partial charge in [-0.05, 0) is 31.0 Å². The summed E-state index contributed by atoms with van der Waals surface area (Å²) >= 11 is 1.55. The lowest BCUT2D eigenvalue weighted by atomic mass is 10.2. The quantitative estimate of drug-likeness (QED) is 0.662. The van der Waals surface area contributed by atoms with Crippen molar-refractivity contribution in [3.63, 3.8) is 0 Å². The zero-order valence-corrected chi connectivity index (χ0v) is 14.4. The maximum Gasteiger partial charge on any atom is 0.274 e. The molecule has 0 aliphatic rings. The van der Waals surface area contributed by atoms with Crippen molar-refractivity contribution in [3.8, 4) is 10.9 Å². The number of aromatic nitrogens is 2. The Hall–Kier alpha value is -2.14. The van der Waals surface area contributed by atoms with Gasteiger partial charge in [-0.1, -0.05) is 37.3 Å². The van der Waals surface area contributed by atoms with Crippen LogP contribution in [0, 0.1) is 12.8 Å². The Bertz CT molecular complexity index is 766. The summed E-state index contributed by atoms with van der Waals surface area (Å²) in [5.41, 5.74) is 2.87. The van der Waals surface area contributed by atoms with E-state index < -0.39 is 0 Å². The van der Waals surface area contributed by atoms with Gasteiger partial charge in [0, 0.05) is 11.8 Å². The third kappa shape index (κ3) is 3.79. The molecule has 0 aliphatic heterocycles. The fraction of sp³-hybridized carbons (Fsp3) is 0.333. The van der Waals surface area contributed by atoms with E-state index >= 15 is 0 Å². The number of hydrogen-bond donors (Lipinski definition) is 0. The second-order valence-corrected chi connectivity index (χ2v) is 6.81. The van der Waals surface area contributed by atoms with Crippen molar-refractivity contribution >= 4 is 21.6 Å². The summed E-state index contributed by atoms with van der Waals surface area (Å²) in [6, 6.07) is 9.92. The minimum absolute atomic E-state index is 0.393. The minimum Gasteiger partial charge on any atom is -0.493 e. The smallest absolute Gasteiger partial charge is 0.274 e. The highest BCUT2D eigenvalue weighted by molar-refractivity contribution is 7.20. The van der Waals surface area contributed by atoms with Crippen molar-refractivity contribution in [2.45, 2.75) is 27.4 Å². The minimum atomic E-state index is 0.393. The van der Waals surface area contributed by atoms with E-state index in [9.17, 15) is 0 Å². The summed E-state index contributed by atoms with van der Waals surface area (Å²) in [5.74, 6) is 1.36. The van der Waals surface area contributed by atoms with Crippen LogP contribution in [-0.2, 0) is 6.61 Å². The van der Waals surface area contributed by atoms with Gasteiger partial charge in [-0.2, -0.15) is 0 Å². The van der Waals surface area contributed by atoms with Crippen LogP contribution in [0.15, 0.2) is 36.5 Å². The van der Waals surface area contributed by atoms with Gasteiger partial charge in [-0.25, -0.2) is 4.98 Å². The molecule has 0 spiro atoms. The summed E-state index contributed by atoms with van der Waals surface area (Å²) in [7, 11) is 0. The predicted molar refractivity (Wildman–Crippen MR) is 93.3 cm³/mol. The van der Waals surface area contributed by atoms with Gasteiger partial charge in [-0.3, -0.25) is 4.98 Å². The van der Waals surface area contributed by atoms with Crippen molar-refractivity contribution in [3.05, 3.63) is 47.8 Å². The van der Waals surface area contributed by atoms with Crippen LogP contribution in [0.2, 0.25) is 0 Å². The van der Waals surface area contributed by atoms with Crippen molar-refractivity contribution < 1.29 is 9.47 Å². The number of hydrogen-bond acceptors (Lipinski definition) is 5. The highest BCUT2D eigenvalue weighted by atomic mass is 32.1. The molecular formula is C18H20N2O2S. The van der Waals surface area contributed by atoms with E-state index in [0.29, 0.717) is 24.3 Å². The first-order chi connectivity index (χ1) is 11.1. The normalized spacial score (nSPS) is 11.1. The van der Waals surface area contributed by atoms with Crippen LogP contribution >= 0.6 is 11.3 Å².